The number of carbonyl (C=O) groups excluding carboxylic acids is 1. The Balaban J connectivity index is 1.19. The molecule has 2 aromatic carbocycles. The summed E-state index contributed by atoms with van der Waals surface area (Å²) in [5.74, 6) is 0.517. The molecule has 2 aliphatic rings. The number of carbonyl (C=O) groups is 1. The van der Waals surface area contributed by atoms with E-state index in [1.807, 2.05) is 18.2 Å². The maximum Gasteiger partial charge on any atom is 0.257 e. The zero-order valence-electron chi connectivity index (χ0n) is 18.0. The molecule has 0 bridgehead atoms. The summed E-state index contributed by atoms with van der Waals surface area (Å²) in [6, 6.07) is 17.8. The highest BCUT2D eigenvalue weighted by atomic mass is 32.1. The van der Waals surface area contributed by atoms with E-state index in [2.05, 4.69) is 39.5 Å². The summed E-state index contributed by atoms with van der Waals surface area (Å²) in [7, 11) is 0. The monoisotopic (exact) mass is 449 g/mol. The normalized spacial score (nSPS) is 18.3. The number of hydrogen-bond acceptors (Lipinski definition) is 6. The van der Waals surface area contributed by atoms with E-state index in [9.17, 15) is 4.79 Å². The number of nitrogens with zero attached hydrogens (tertiary/aromatic N) is 2. The van der Waals surface area contributed by atoms with Gasteiger partial charge in [0.15, 0.2) is 5.13 Å². The van der Waals surface area contributed by atoms with Gasteiger partial charge < -0.3 is 9.47 Å². The average Bonchev–Trinajstić information content (AvgIpc) is 3.48. The molecular weight excluding hydrogens is 422 g/mol. The van der Waals surface area contributed by atoms with Gasteiger partial charge in [-0.3, -0.25) is 15.0 Å². The molecule has 32 heavy (non-hydrogen) atoms. The SMILES string of the molecule is O=C(Nc1nc2c(s1)CN(Cc1ccccc1)CC2)c1cccc(OCC2CCCO2)c1. The fourth-order valence-electron chi connectivity index (χ4n) is 4.14. The van der Waals surface area contributed by atoms with Crippen molar-refractivity contribution in [2.45, 2.75) is 38.5 Å². The van der Waals surface area contributed by atoms with Crippen LogP contribution < -0.4 is 10.1 Å². The van der Waals surface area contributed by atoms with Crippen LogP contribution in [0.5, 0.6) is 5.75 Å². The van der Waals surface area contributed by atoms with Crippen LogP contribution in [0.25, 0.3) is 0 Å². The third kappa shape index (κ3) is 5.18. The van der Waals surface area contributed by atoms with E-state index in [1.165, 1.54) is 10.4 Å². The summed E-state index contributed by atoms with van der Waals surface area (Å²) < 4.78 is 11.4. The van der Waals surface area contributed by atoms with Crippen LogP contribution in [0.4, 0.5) is 5.13 Å². The zero-order valence-corrected chi connectivity index (χ0v) is 18.8. The number of rotatable bonds is 7. The first-order valence-corrected chi connectivity index (χ1v) is 12.0. The molecule has 5 rings (SSSR count). The van der Waals surface area contributed by atoms with Gasteiger partial charge in [0.1, 0.15) is 12.4 Å². The van der Waals surface area contributed by atoms with Crippen molar-refractivity contribution >= 4 is 22.4 Å². The summed E-state index contributed by atoms with van der Waals surface area (Å²) in [6.45, 7) is 4.09. The fraction of sp³-hybridized carbons (Fsp3) is 0.360. The zero-order chi connectivity index (χ0) is 21.8. The molecular formula is C25H27N3O3S. The van der Waals surface area contributed by atoms with Crippen LogP contribution in [0.3, 0.4) is 0 Å². The Morgan fingerprint density at radius 1 is 1.22 bits per heavy atom. The number of nitrogens with one attached hydrogen (secondary N) is 1. The lowest BCUT2D eigenvalue weighted by molar-refractivity contribution is 0.0679. The quantitative estimate of drug-likeness (QED) is 0.575. The van der Waals surface area contributed by atoms with Gasteiger partial charge in [-0.05, 0) is 36.6 Å². The van der Waals surface area contributed by atoms with Gasteiger partial charge in [0.2, 0.25) is 0 Å². The molecule has 0 spiro atoms. The molecule has 6 nitrogen and oxygen atoms in total. The van der Waals surface area contributed by atoms with Crippen molar-refractivity contribution in [3.63, 3.8) is 0 Å². The molecule has 3 heterocycles. The second-order valence-electron chi connectivity index (χ2n) is 8.26. The van der Waals surface area contributed by atoms with Crippen molar-refractivity contribution in [2.24, 2.45) is 0 Å². The van der Waals surface area contributed by atoms with E-state index in [0.717, 1.165) is 51.2 Å². The van der Waals surface area contributed by atoms with Crippen molar-refractivity contribution in [3.05, 3.63) is 76.3 Å². The summed E-state index contributed by atoms with van der Waals surface area (Å²) in [6.07, 6.45) is 3.16. The van der Waals surface area contributed by atoms with Gasteiger partial charge >= 0.3 is 0 Å². The van der Waals surface area contributed by atoms with Crippen LogP contribution in [0.2, 0.25) is 0 Å². The van der Waals surface area contributed by atoms with Crippen LogP contribution in [-0.4, -0.2) is 41.7 Å². The van der Waals surface area contributed by atoms with E-state index in [1.54, 1.807) is 23.5 Å². The highest BCUT2D eigenvalue weighted by molar-refractivity contribution is 7.15. The number of hydrogen-bond donors (Lipinski definition) is 1. The minimum Gasteiger partial charge on any atom is -0.491 e. The minimum atomic E-state index is -0.167. The maximum atomic E-state index is 12.8. The first kappa shape index (κ1) is 21.1. The van der Waals surface area contributed by atoms with Crippen LogP contribution >= 0.6 is 11.3 Å². The number of anilines is 1. The fourth-order valence-corrected chi connectivity index (χ4v) is 5.19. The molecule has 1 amide bonds. The van der Waals surface area contributed by atoms with E-state index >= 15 is 0 Å². The first-order chi connectivity index (χ1) is 15.7. The van der Waals surface area contributed by atoms with Gasteiger partial charge in [0.25, 0.3) is 5.91 Å². The van der Waals surface area contributed by atoms with E-state index < -0.39 is 0 Å². The second-order valence-corrected chi connectivity index (χ2v) is 9.35. The number of ether oxygens (including phenoxy) is 2. The van der Waals surface area contributed by atoms with Crippen LogP contribution in [0.15, 0.2) is 54.6 Å². The van der Waals surface area contributed by atoms with Crippen LogP contribution in [0.1, 0.15) is 39.3 Å². The molecule has 0 radical (unpaired) electrons. The molecule has 1 N–H and O–H groups in total. The number of fused-ring (bicyclic) bond motifs is 1. The van der Waals surface area contributed by atoms with E-state index in [0.29, 0.717) is 23.1 Å². The Kier molecular flexibility index (Phi) is 6.48. The molecule has 3 aromatic rings. The number of amides is 1. The van der Waals surface area contributed by atoms with Gasteiger partial charge in [-0.25, -0.2) is 4.98 Å². The summed E-state index contributed by atoms with van der Waals surface area (Å²) >= 11 is 1.57. The topological polar surface area (TPSA) is 63.7 Å². The molecule has 0 aliphatic carbocycles. The molecule has 1 fully saturated rings. The van der Waals surface area contributed by atoms with Crippen molar-refractivity contribution in [1.82, 2.24) is 9.88 Å². The molecule has 1 aromatic heterocycles. The van der Waals surface area contributed by atoms with Crippen LogP contribution in [-0.2, 0) is 24.2 Å². The third-order valence-corrected chi connectivity index (χ3v) is 6.83. The maximum absolute atomic E-state index is 12.8. The van der Waals surface area contributed by atoms with Gasteiger partial charge in [-0.15, -0.1) is 11.3 Å². The van der Waals surface area contributed by atoms with Crippen molar-refractivity contribution < 1.29 is 14.3 Å². The van der Waals surface area contributed by atoms with Gasteiger partial charge in [0.05, 0.1) is 11.8 Å². The Labute approximate surface area is 192 Å². The molecule has 1 unspecified atom stereocenters. The molecule has 1 saturated heterocycles. The standard InChI is InChI=1S/C25H27N3O3S/c29-24(19-8-4-9-20(14-19)31-17-21-10-5-13-30-21)27-25-26-22-11-12-28(16-23(22)32-25)15-18-6-2-1-3-7-18/h1-4,6-9,14,21H,5,10-13,15-17H2,(H,26,27,29). The largest absolute Gasteiger partial charge is 0.491 e. The molecule has 0 saturated carbocycles. The minimum absolute atomic E-state index is 0.149. The number of aromatic nitrogens is 1. The van der Waals surface area contributed by atoms with Gasteiger partial charge in [0, 0.05) is 43.1 Å². The number of thiazole rings is 1. The summed E-state index contributed by atoms with van der Waals surface area (Å²) in [4.78, 5) is 21.2. The lowest BCUT2D eigenvalue weighted by atomic mass is 10.1. The van der Waals surface area contributed by atoms with Crippen LogP contribution in [0, 0.1) is 0 Å². The highest BCUT2D eigenvalue weighted by Crippen LogP contribution is 2.29. The number of benzene rings is 2. The molecule has 166 valence electrons. The van der Waals surface area contributed by atoms with Gasteiger partial charge in [-0.2, -0.15) is 0 Å². The molecule has 1 atom stereocenters. The van der Waals surface area contributed by atoms with E-state index in [-0.39, 0.29) is 12.0 Å². The highest BCUT2D eigenvalue weighted by Gasteiger charge is 2.22. The van der Waals surface area contributed by atoms with Gasteiger partial charge in [-0.1, -0.05) is 36.4 Å². The summed E-state index contributed by atoms with van der Waals surface area (Å²) in [5.41, 5.74) is 2.98. The lowest BCUT2D eigenvalue weighted by Crippen LogP contribution is -2.29. The first-order valence-electron chi connectivity index (χ1n) is 11.1. The summed E-state index contributed by atoms with van der Waals surface area (Å²) in [5, 5.41) is 3.63. The van der Waals surface area contributed by atoms with Crippen molar-refractivity contribution in [1.29, 1.82) is 0 Å². The van der Waals surface area contributed by atoms with Crippen molar-refractivity contribution in [2.75, 3.05) is 25.1 Å². The lowest BCUT2D eigenvalue weighted by Gasteiger charge is -2.25. The smallest absolute Gasteiger partial charge is 0.257 e. The Morgan fingerprint density at radius 2 is 2.12 bits per heavy atom. The molecule has 7 heteroatoms. The molecule has 2 aliphatic heterocycles. The van der Waals surface area contributed by atoms with Crippen molar-refractivity contribution in [3.8, 4) is 5.75 Å². The van der Waals surface area contributed by atoms with E-state index in [4.69, 9.17) is 9.47 Å². The third-order valence-electron chi connectivity index (χ3n) is 5.84. The Morgan fingerprint density at radius 3 is 2.97 bits per heavy atom. The predicted octanol–water partition coefficient (Wildman–Crippen LogP) is 4.51. The Hall–Kier alpha value is -2.74. The Bertz CT molecular complexity index is 1060. The second kappa shape index (κ2) is 9.81. The predicted molar refractivity (Wildman–Crippen MR) is 125 cm³/mol. The average molecular weight is 450 g/mol.